The molecule has 2 heterocycles. The SMILES string of the molecule is Cc1nc(Nc2cccc(NC(=O)Nc3cccc(Cl)c3Cl)c2)cc(N2CCN(C)CC2)n1. The number of carbonyl (C=O) groups excluding carboxylic acids is 1. The summed E-state index contributed by atoms with van der Waals surface area (Å²) in [6, 6.07) is 14.0. The topological polar surface area (TPSA) is 85.4 Å². The largest absolute Gasteiger partial charge is 0.354 e. The van der Waals surface area contributed by atoms with E-state index < -0.39 is 6.03 Å². The van der Waals surface area contributed by atoms with Gasteiger partial charge in [-0.15, -0.1) is 0 Å². The van der Waals surface area contributed by atoms with E-state index in [4.69, 9.17) is 23.2 Å². The molecule has 1 fully saturated rings. The van der Waals surface area contributed by atoms with Gasteiger partial charge in [0, 0.05) is 43.6 Å². The summed E-state index contributed by atoms with van der Waals surface area (Å²) >= 11 is 12.1. The predicted molar refractivity (Wildman–Crippen MR) is 135 cm³/mol. The Morgan fingerprint density at radius 2 is 1.67 bits per heavy atom. The summed E-state index contributed by atoms with van der Waals surface area (Å²) < 4.78 is 0. The average Bonchev–Trinajstić information content (AvgIpc) is 2.77. The summed E-state index contributed by atoms with van der Waals surface area (Å²) in [5.41, 5.74) is 1.83. The Labute approximate surface area is 202 Å². The van der Waals surface area contributed by atoms with Gasteiger partial charge in [-0.1, -0.05) is 35.3 Å². The fourth-order valence-corrected chi connectivity index (χ4v) is 3.87. The third kappa shape index (κ3) is 6.04. The van der Waals surface area contributed by atoms with Crippen LogP contribution >= 0.6 is 23.2 Å². The lowest BCUT2D eigenvalue weighted by molar-refractivity contribution is 0.262. The average molecular weight is 486 g/mol. The number of rotatable bonds is 5. The molecule has 33 heavy (non-hydrogen) atoms. The molecular weight excluding hydrogens is 461 g/mol. The second-order valence-electron chi connectivity index (χ2n) is 7.84. The zero-order valence-electron chi connectivity index (χ0n) is 18.4. The number of urea groups is 1. The highest BCUT2D eigenvalue weighted by Crippen LogP contribution is 2.29. The number of nitrogens with one attached hydrogen (secondary N) is 3. The van der Waals surface area contributed by atoms with E-state index in [1.807, 2.05) is 31.2 Å². The number of hydrogen-bond donors (Lipinski definition) is 3. The summed E-state index contributed by atoms with van der Waals surface area (Å²) in [7, 11) is 2.13. The first-order valence-corrected chi connectivity index (χ1v) is 11.3. The van der Waals surface area contributed by atoms with Crippen LogP contribution in [0.4, 0.5) is 33.5 Å². The number of benzene rings is 2. The van der Waals surface area contributed by atoms with Crippen molar-refractivity contribution in [2.24, 2.45) is 0 Å². The van der Waals surface area contributed by atoms with Gasteiger partial charge in [0.1, 0.15) is 17.5 Å². The fraction of sp³-hybridized carbons (Fsp3) is 0.261. The number of carbonyl (C=O) groups is 1. The van der Waals surface area contributed by atoms with Crippen LogP contribution in [0.25, 0.3) is 0 Å². The van der Waals surface area contributed by atoms with Crippen molar-refractivity contribution in [3.8, 4) is 0 Å². The van der Waals surface area contributed by atoms with Gasteiger partial charge >= 0.3 is 6.03 Å². The molecule has 0 unspecified atom stereocenters. The Kier molecular flexibility index (Phi) is 7.17. The molecule has 1 aliphatic rings. The number of anilines is 5. The molecule has 10 heteroatoms. The van der Waals surface area contributed by atoms with Crippen LogP contribution in [-0.4, -0.2) is 54.1 Å². The summed E-state index contributed by atoms with van der Waals surface area (Å²) in [5.74, 6) is 2.30. The second kappa shape index (κ2) is 10.2. The van der Waals surface area contributed by atoms with Gasteiger partial charge < -0.3 is 25.8 Å². The number of aryl methyl sites for hydroxylation is 1. The molecule has 0 aliphatic carbocycles. The molecule has 0 radical (unpaired) electrons. The molecule has 2 amide bonds. The van der Waals surface area contributed by atoms with E-state index in [-0.39, 0.29) is 0 Å². The normalized spacial score (nSPS) is 14.1. The molecule has 0 saturated carbocycles. The molecule has 1 aliphatic heterocycles. The van der Waals surface area contributed by atoms with Gasteiger partial charge in [0.2, 0.25) is 0 Å². The highest BCUT2D eigenvalue weighted by Gasteiger charge is 2.17. The Morgan fingerprint density at radius 1 is 0.939 bits per heavy atom. The van der Waals surface area contributed by atoms with Crippen LogP contribution in [-0.2, 0) is 0 Å². The van der Waals surface area contributed by atoms with Crippen LogP contribution in [0.3, 0.4) is 0 Å². The van der Waals surface area contributed by atoms with Crippen LogP contribution in [0.5, 0.6) is 0 Å². The van der Waals surface area contributed by atoms with Gasteiger partial charge in [-0.2, -0.15) is 0 Å². The van der Waals surface area contributed by atoms with Gasteiger partial charge in [-0.05, 0) is 44.3 Å². The highest BCUT2D eigenvalue weighted by molar-refractivity contribution is 6.44. The Balaban J connectivity index is 1.44. The van der Waals surface area contributed by atoms with E-state index >= 15 is 0 Å². The van der Waals surface area contributed by atoms with Crippen LogP contribution in [0.2, 0.25) is 10.0 Å². The Morgan fingerprint density at radius 3 is 2.45 bits per heavy atom. The quantitative estimate of drug-likeness (QED) is 0.458. The molecule has 8 nitrogen and oxygen atoms in total. The second-order valence-corrected chi connectivity index (χ2v) is 8.62. The number of hydrogen-bond acceptors (Lipinski definition) is 6. The Bertz CT molecular complexity index is 1150. The fourth-order valence-electron chi connectivity index (χ4n) is 3.52. The smallest absolute Gasteiger partial charge is 0.323 e. The zero-order chi connectivity index (χ0) is 23.4. The molecule has 1 aromatic heterocycles. The minimum absolute atomic E-state index is 0.292. The summed E-state index contributed by atoms with van der Waals surface area (Å²) in [5, 5.41) is 9.49. The number of nitrogens with zero attached hydrogens (tertiary/aromatic N) is 4. The Hall–Kier alpha value is -3.07. The zero-order valence-corrected chi connectivity index (χ0v) is 19.9. The summed E-state index contributed by atoms with van der Waals surface area (Å²) in [6.07, 6.45) is 0. The number of piperazine rings is 1. The van der Waals surface area contributed by atoms with E-state index in [2.05, 4.69) is 42.8 Å². The van der Waals surface area contributed by atoms with E-state index in [9.17, 15) is 4.79 Å². The molecule has 3 aromatic rings. The van der Waals surface area contributed by atoms with E-state index in [1.54, 1.807) is 24.3 Å². The van der Waals surface area contributed by atoms with Crippen LogP contribution < -0.4 is 20.9 Å². The standard InChI is InChI=1S/C23H25Cl2N7O/c1-15-26-20(14-21(27-15)32-11-9-31(2)10-12-32)28-16-5-3-6-17(13-16)29-23(33)30-19-8-4-7-18(24)22(19)25/h3-8,13-14H,9-12H2,1-2H3,(H,26,27,28)(H2,29,30,33). The van der Waals surface area contributed by atoms with Crippen LogP contribution in [0.15, 0.2) is 48.5 Å². The molecule has 2 aromatic carbocycles. The molecule has 0 spiro atoms. The molecule has 3 N–H and O–H groups in total. The molecule has 0 atom stereocenters. The third-order valence-electron chi connectivity index (χ3n) is 5.24. The van der Waals surface area contributed by atoms with Crippen molar-refractivity contribution in [1.29, 1.82) is 0 Å². The lowest BCUT2D eigenvalue weighted by Gasteiger charge is -2.33. The molecular formula is C23H25Cl2N7O. The van der Waals surface area contributed by atoms with Crippen LogP contribution in [0.1, 0.15) is 5.82 Å². The van der Waals surface area contributed by atoms with Gasteiger partial charge in [0.25, 0.3) is 0 Å². The summed E-state index contributed by atoms with van der Waals surface area (Å²) in [4.78, 5) is 26.1. The van der Waals surface area contributed by atoms with Crippen molar-refractivity contribution < 1.29 is 4.79 Å². The molecule has 172 valence electrons. The van der Waals surface area contributed by atoms with Gasteiger partial charge in [-0.3, -0.25) is 0 Å². The van der Waals surface area contributed by atoms with Crippen LogP contribution in [0, 0.1) is 6.92 Å². The van der Waals surface area contributed by atoms with Crippen molar-refractivity contribution >= 4 is 57.9 Å². The van der Waals surface area contributed by atoms with Crippen molar-refractivity contribution in [3.63, 3.8) is 0 Å². The summed E-state index contributed by atoms with van der Waals surface area (Å²) in [6.45, 7) is 5.74. The van der Waals surface area contributed by atoms with Crippen molar-refractivity contribution in [1.82, 2.24) is 14.9 Å². The van der Waals surface area contributed by atoms with E-state index in [0.717, 1.165) is 37.7 Å². The van der Waals surface area contributed by atoms with Gasteiger partial charge in [0.15, 0.2) is 0 Å². The maximum atomic E-state index is 12.4. The molecule has 0 bridgehead atoms. The number of amides is 2. The van der Waals surface area contributed by atoms with Crippen molar-refractivity contribution in [2.75, 3.05) is 54.1 Å². The maximum Gasteiger partial charge on any atom is 0.323 e. The van der Waals surface area contributed by atoms with E-state index in [0.29, 0.717) is 33.1 Å². The first kappa shape index (κ1) is 23.1. The third-order valence-corrected chi connectivity index (χ3v) is 6.06. The first-order valence-electron chi connectivity index (χ1n) is 10.6. The number of likely N-dealkylation sites (N-methyl/N-ethyl adjacent to an activating group) is 1. The lowest BCUT2D eigenvalue weighted by Crippen LogP contribution is -2.44. The van der Waals surface area contributed by atoms with Crippen molar-refractivity contribution in [3.05, 3.63) is 64.4 Å². The molecule has 1 saturated heterocycles. The lowest BCUT2D eigenvalue weighted by atomic mass is 10.2. The predicted octanol–water partition coefficient (Wildman–Crippen LogP) is 5.23. The first-order chi connectivity index (χ1) is 15.9. The maximum absolute atomic E-state index is 12.4. The monoisotopic (exact) mass is 485 g/mol. The molecule has 4 rings (SSSR count). The van der Waals surface area contributed by atoms with Crippen molar-refractivity contribution in [2.45, 2.75) is 6.92 Å². The minimum atomic E-state index is -0.424. The minimum Gasteiger partial charge on any atom is -0.354 e. The van der Waals surface area contributed by atoms with Gasteiger partial charge in [0.05, 0.1) is 15.7 Å². The highest BCUT2D eigenvalue weighted by atomic mass is 35.5. The van der Waals surface area contributed by atoms with E-state index in [1.165, 1.54) is 0 Å². The number of aromatic nitrogens is 2. The van der Waals surface area contributed by atoms with Gasteiger partial charge in [-0.25, -0.2) is 14.8 Å². The number of halogens is 2.